The van der Waals surface area contributed by atoms with Crippen molar-refractivity contribution < 1.29 is 22.8 Å². The van der Waals surface area contributed by atoms with E-state index in [-0.39, 0.29) is 11.6 Å². The van der Waals surface area contributed by atoms with E-state index >= 15 is 0 Å². The van der Waals surface area contributed by atoms with Crippen LogP contribution in [0.4, 0.5) is 18.0 Å². The van der Waals surface area contributed by atoms with E-state index < -0.39 is 35.8 Å². The molecule has 24 heavy (non-hydrogen) atoms. The summed E-state index contributed by atoms with van der Waals surface area (Å²) in [6, 6.07) is 2.81. The minimum atomic E-state index is -4.48. The Morgan fingerprint density at radius 3 is 2.17 bits per heavy atom. The second-order valence-electron chi connectivity index (χ2n) is 5.81. The minimum absolute atomic E-state index is 0.0382. The molecule has 0 saturated heterocycles. The van der Waals surface area contributed by atoms with Crippen molar-refractivity contribution >= 4 is 11.9 Å². The van der Waals surface area contributed by atoms with Gasteiger partial charge in [0.2, 0.25) is 5.91 Å². The van der Waals surface area contributed by atoms with Crippen LogP contribution in [0.15, 0.2) is 24.3 Å². The van der Waals surface area contributed by atoms with E-state index in [9.17, 15) is 22.8 Å². The first-order valence-electron chi connectivity index (χ1n) is 7.56. The SMILES string of the molecule is CC(C)NC(=O)NC(=O)[C@H](C)N[C@H](C)c1ccccc1C(F)(F)F. The maximum Gasteiger partial charge on any atom is 0.416 e. The second-order valence-corrected chi connectivity index (χ2v) is 5.81. The summed E-state index contributed by atoms with van der Waals surface area (Å²) >= 11 is 0. The van der Waals surface area contributed by atoms with Crippen molar-refractivity contribution in [1.82, 2.24) is 16.0 Å². The molecule has 1 aromatic carbocycles. The van der Waals surface area contributed by atoms with Crippen LogP contribution in [0.5, 0.6) is 0 Å². The fourth-order valence-electron chi connectivity index (χ4n) is 2.19. The quantitative estimate of drug-likeness (QED) is 0.768. The fourth-order valence-corrected chi connectivity index (χ4v) is 2.19. The molecule has 1 aromatic rings. The molecule has 0 aliphatic heterocycles. The van der Waals surface area contributed by atoms with E-state index in [2.05, 4.69) is 16.0 Å². The molecule has 2 atom stereocenters. The summed E-state index contributed by atoms with van der Waals surface area (Å²) in [6.45, 7) is 6.48. The van der Waals surface area contributed by atoms with Gasteiger partial charge in [0, 0.05) is 12.1 Å². The lowest BCUT2D eigenvalue weighted by atomic mass is 10.0. The molecule has 0 aliphatic rings. The lowest BCUT2D eigenvalue weighted by Crippen LogP contribution is -2.49. The smallest absolute Gasteiger partial charge is 0.336 e. The molecule has 3 amide bonds. The maximum atomic E-state index is 13.0. The number of rotatable bonds is 5. The predicted octanol–water partition coefficient (Wildman–Crippen LogP) is 2.98. The van der Waals surface area contributed by atoms with Gasteiger partial charge in [0.25, 0.3) is 0 Å². The highest BCUT2D eigenvalue weighted by Crippen LogP contribution is 2.34. The van der Waals surface area contributed by atoms with Gasteiger partial charge < -0.3 is 5.32 Å². The van der Waals surface area contributed by atoms with Crippen LogP contribution < -0.4 is 16.0 Å². The molecule has 0 saturated carbocycles. The Morgan fingerprint density at radius 2 is 1.62 bits per heavy atom. The molecule has 0 aliphatic carbocycles. The average molecular weight is 345 g/mol. The Bertz CT molecular complexity index is 588. The van der Waals surface area contributed by atoms with Gasteiger partial charge in [0.1, 0.15) is 0 Å². The van der Waals surface area contributed by atoms with E-state index in [1.54, 1.807) is 13.8 Å². The van der Waals surface area contributed by atoms with Gasteiger partial charge in [0.05, 0.1) is 11.6 Å². The molecule has 134 valence electrons. The van der Waals surface area contributed by atoms with E-state index in [0.717, 1.165) is 6.07 Å². The Hall–Kier alpha value is -2.09. The number of amides is 3. The maximum absolute atomic E-state index is 13.0. The molecular weight excluding hydrogens is 323 g/mol. The van der Waals surface area contributed by atoms with Crippen molar-refractivity contribution in [2.24, 2.45) is 0 Å². The third-order valence-corrected chi connectivity index (χ3v) is 3.28. The zero-order valence-electron chi connectivity index (χ0n) is 14.0. The van der Waals surface area contributed by atoms with Crippen LogP contribution in [0.2, 0.25) is 0 Å². The first-order valence-corrected chi connectivity index (χ1v) is 7.56. The molecule has 3 N–H and O–H groups in total. The van der Waals surface area contributed by atoms with E-state index in [4.69, 9.17) is 0 Å². The highest BCUT2D eigenvalue weighted by atomic mass is 19.4. The average Bonchev–Trinajstić information content (AvgIpc) is 2.45. The molecule has 0 heterocycles. The number of carbonyl (C=O) groups excluding carboxylic acids is 2. The number of halogens is 3. The predicted molar refractivity (Wildman–Crippen MR) is 84.3 cm³/mol. The van der Waals surface area contributed by atoms with Gasteiger partial charge in [-0.25, -0.2) is 4.79 Å². The molecule has 1 rings (SSSR count). The number of imide groups is 1. The van der Waals surface area contributed by atoms with Gasteiger partial charge in [0.15, 0.2) is 0 Å². The third kappa shape index (κ3) is 5.84. The summed E-state index contributed by atoms with van der Waals surface area (Å²) in [5.74, 6) is -0.621. The van der Waals surface area contributed by atoms with Crippen LogP contribution in [0.3, 0.4) is 0 Å². The third-order valence-electron chi connectivity index (χ3n) is 3.28. The molecule has 5 nitrogen and oxygen atoms in total. The summed E-state index contributed by atoms with van der Waals surface area (Å²) in [7, 11) is 0. The van der Waals surface area contributed by atoms with E-state index in [1.165, 1.54) is 32.0 Å². The summed E-state index contributed by atoms with van der Waals surface area (Å²) in [5, 5.41) is 7.41. The van der Waals surface area contributed by atoms with E-state index in [0.29, 0.717) is 0 Å². The first-order chi connectivity index (χ1) is 11.0. The Kier molecular flexibility index (Phi) is 6.77. The number of urea groups is 1. The van der Waals surface area contributed by atoms with Gasteiger partial charge in [-0.05, 0) is 39.3 Å². The summed E-state index contributed by atoms with van der Waals surface area (Å²) in [6.07, 6.45) is -4.48. The van der Waals surface area contributed by atoms with Gasteiger partial charge in [-0.3, -0.25) is 15.4 Å². The Balaban J connectivity index is 2.76. The zero-order chi connectivity index (χ0) is 18.5. The van der Waals surface area contributed by atoms with Crippen molar-refractivity contribution in [2.45, 2.75) is 52.0 Å². The van der Waals surface area contributed by atoms with Crippen LogP contribution in [-0.4, -0.2) is 24.0 Å². The lowest BCUT2D eigenvalue weighted by molar-refractivity contribution is -0.138. The molecular formula is C16H22F3N3O2. The number of carbonyl (C=O) groups is 2. The normalized spacial score (nSPS) is 14.2. The molecule has 0 spiro atoms. The molecule has 0 aromatic heterocycles. The number of hydrogen-bond donors (Lipinski definition) is 3. The summed E-state index contributed by atoms with van der Waals surface area (Å²) < 4.78 is 39.1. The Morgan fingerprint density at radius 1 is 1.04 bits per heavy atom. The summed E-state index contributed by atoms with van der Waals surface area (Å²) in [5.41, 5.74) is -0.716. The van der Waals surface area contributed by atoms with Crippen molar-refractivity contribution in [3.05, 3.63) is 35.4 Å². The molecule has 8 heteroatoms. The van der Waals surface area contributed by atoms with Crippen molar-refractivity contribution in [1.29, 1.82) is 0 Å². The minimum Gasteiger partial charge on any atom is -0.336 e. The van der Waals surface area contributed by atoms with Crippen LogP contribution in [0.1, 0.15) is 44.9 Å². The Labute approximate surface area is 139 Å². The molecule has 0 fully saturated rings. The molecule has 0 bridgehead atoms. The fraction of sp³-hybridized carbons (Fsp3) is 0.500. The first kappa shape index (κ1) is 20.0. The van der Waals surface area contributed by atoms with Gasteiger partial charge in [-0.2, -0.15) is 13.2 Å². The highest BCUT2D eigenvalue weighted by Gasteiger charge is 2.34. The number of benzene rings is 1. The van der Waals surface area contributed by atoms with Crippen LogP contribution in [0.25, 0.3) is 0 Å². The van der Waals surface area contributed by atoms with Crippen LogP contribution in [0, 0.1) is 0 Å². The highest BCUT2D eigenvalue weighted by molar-refractivity contribution is 5.96. The van der Waals surface area contributed by atoms with Crippen LogP contribution >= 0.6 is 0 Å². The second kappa shape index (κ2) is 8.14. The number of nitrogens with one attached hydrogen (secondary N) is 3. The number of hydrogen-bond acceptors (Lipinski definition) is 3. The molecule has 0 radical (unpaired) electrons. The van der Waals surface area contributed by atoms with Crippen molar-refractivity contribution in [2.75, 3.05) is 0 Å². The van der Waals surface area contributed by atoms with Crippen molar-refractivity contribution in [3.8, 4) is 0 Å². The van der Waals surface area contributed by atoms with Crippen molar-refractivity contribution in [3.63, 3.8) is 0 Å². The van der Waals surface area contributed by atoms with Gasteiger partial charge in [-0.1, -0.05) is 18.2 Å². The van der Waals surface area contributed by atoms with E-state index in [1.807, 2.05) is 0 Å². The monoisotopic (exact) mass is 345 g/mol. The zero-order valence-corrected chi connectivity index (χ0v) is 14.0. The van der Waals surface area contributed by atoms with Crippen LogP contribution in [-0.2, 0) is 11.0 Å². The topological polar surface area (TPSA) is 70.2 Å². The standard InChI is InChI=1S/C16H22F3N3O2/c1-9(2)20-15(24)22-14(23)11(4)21-10(3)12-7-5-6-8-13(12)16(17,18)19/h5-11,21H,1-4H3,(H2,20,22,23,24)/t10-,11+/m1/s1. The van der Waals surface area contributed by atoms with Gasteiger partial charge in [-0.15, -0.1) is 0 Å². The molecule has 0 unspecified atom stereocenters. The number of alkyl halides is 3. The van der Waals surface area contributed by atoms with Gasteiger partial charge >= 0.3 is 12.2 Å². The largest absolute Gasteiger partial charge is 0.416 e. The summed E-state index contributed by atoms with van der Waals surface area (Å²) in [4.78, 5) is 23.4. The lowest BCUT2D eigenvalue weighted by Gasteiger charge is -2.23.